The average Bonchev–Trinajstić information content (AvgIpc) is 2.25. The molecule has 1 aromatic carbocycles. The van der Waals surface area contributed by atoms with E-state index in [0.717, 1.165) is 18.5 Å². The summed E-state index contributed by atoms with van der Waals surface area (Å²) in [5.41, 5.74) is 7.47. The van der Waals surface area contributed by atoms with Crippen molar-refractivity contribution in [2.24, 2.45) is 5.73 Å². The van der Waals surface area contributed by atoms with Crippen LogP contribution >= 0.6 is 0 Å². The van der Waals surface area contributed by atoms with Crippen molar-refractivity contribution < 1.29 is 4.39 Å². The molecule has 1 rings (SSSR count). The fourth-order valence-electron chi connectivity index (χ4n) is 2.07. The van der Waals surface area contributed by atoms with Gasteiger partial charge in [0.05, 0.1) is 5.69 Å². The molecule has 0 fully saturated rings. The van der Waals surface area contributed by atoms with E-state index in [4.69, 9.17) is 5.73 Å². The van der Waals surface area contributed by atoms with Crippen LogP contribution in [0.1, 0.15) is 45.7 Å². The first-order valence-electron chi connectivity index (χ1n) is 6.29. The highest BCUT2D eigenvalue weighted by Crippen LogP contribution is 2.29. The van der Waals surface area contributed by atoms with Gasteiger partial charge in [-0.25, -0.2) is 4.39 Å². The zero-order valence-electron chi connectivity index (χ0n) is 11.2. The SMILES string of the molecule is CCCN(c1c(F)cccc1[C@@H](C)N)C(C)C. The van der Waals surface area contributed by atoms with Crippen molar-refractivity contribution in [2.75, 3.05) is 11.4 Å². The summed E-state index contributed by atoms with van der Waals surface area (Å²) in [7, 11) is 0. The number of rotatable bonds is 5. The summed E-state index contributed by atoms with van der Waals surface area (Å²) in [6.45, 7) is 8.99. The van der Waals surface area contributed by atoms with Crippen molar-refractivity contribution in [2.45, 2.75) is 46.2 Å². The Labute approximate surface area is 104 Å². The Morgan fingerprint density at radius 3 is 2.41 bits per heavy atom. The van der Waals surface area contributed by atoms with Crippen LogP contribution in [-0.4, -0.2) is 12.6 Å². The van der Waals surface area contributed by atoms with Gasteiger partial charge >= 0.3 is 0 Å². The van der Waals surface area contributed by atoms with Crippen LogP contribution in [0.3, 0.4) is 0 Å². The molecule has 0 unspecified atom stereocenters. The third-order valence-electron chi connectivity index (χ3n) is 2.88. The smallest absolute Gasteiger partial charge is 0.146 e. The number of halogens is 1. The van der Waals surface area contributed by atoms with Crippen LogP contribution in [0.25, 0.3) is 0 Å². The summed E-state index contributed by atoms with van der Waals surface area (Å²) in [6, 6.07) is 5.26. The molecule has 0 radical (unpaired) electrons. The highest BCUT2D eigenvalue weighted by atomic mass is 19.1. The zero-order chi connectivity index (χ0) is 13.0. The van der Waals surface area contributed by atoms with Crippen LogP contribution in [0.2, 0.25) is 0 Å². The Morgan fingerprint density at radius 2 is 1.94 bits per heavy atom. The van der Waals surface area contributed by atoms with Crippen LogP contribution in [0.4, 0.5) is 10.1 Å². The second-order valence-corrected chi connectivity index (χ2v) is 4.75. The molecule has 2 nitrogen and oxygen atoms in total. The minimum absolute atomic E-state index is 0.154. The Bertz CT molecular complexity index is 361. The van der Waals surface area contributed by atoms with Gasteiger partial charge in [-0.2, -0.15) is 0 Å². The number of hydrogen-bond donors (Lipinski definition) is 1. The van der Waals surface area contributed by atoms with Crippen molar-refractivity contribution in [1.82, 2.24) is 0 Å². The van der Waals surface area contributed by atoms with Gasteiger partial charge < -0.3 is 10.6 Å². The highest BCUT2D eigenvalue weighted by Gasteiger charge is 2.19. The first-order valence-corrected chi connectivity index (χ1v) is 6.29. The van der Waals surface area contributed by atoms with Gasteiger partial charge in [0.25, 0.3) is 0 Å². The number of nitrogens with zero attached hydrogens (tertiary/aromatic N) is 1. The van der Waals surface area contributed by atoms with Crippen molar-refractivity contribution >= 4 is 5.69 Å². The van der Waals surface area contributed by atoms with Gasteiger partial charge in [-0.3, -0.25) is 0 Å². The van der Waals surface area contributed by atoms with E-state index in [1.54, 1.807) is 6.07 Å². The Morgan fingerprint density at radius 1 is 1.29 bits per heavy atom. The number of nitrogens with two attached hydrogens (primary N) is 1. The van der Waals surface area contributed by atoms with E-state index in [9.17, 15) is 4.39 Å². The predicted octanol–water partition coefficient (Wildman–Crippen LogP) is 3.47. The summed E-state index contributed by atoms with van der Waals surface area (Å²) in [5.74, 6) is -0.179. The molecule has 0 aliphatic rings. The molecule has 0 spiro atoms. The second-order valence-electron chi connectivity index (χ2n) is 4.75. The summed E-state index contributed by atoms with van der Waals surface area (Å²) in [4.78, 5) is 2.09. The zero-order valence-corrected chi connectivity index (χ0v) is 11.2. The van der Waals surface area contributed by atoms with Gasteiger partial charge in [0.1, 0.15) is 5.82 Å². The third kappa shape index (κ3) is 3.19. The maximum atomic E-state index is 14.0. The van der Waals surface area contributed by atoms with Gasteiger partial charge in [0.15, 0.2) is 0 Å². The molecule has 2 N–H and O–H groups in total. The molecule has 3 heteroatoms. The molecule has 0 bridgehead atoms. The van der Waals surface area contributed by atoms with Crippen molar-refractivity contribution in [1.29, 1.82) is 0 Å². The fraction of sp³-hybridized carbons (Fsp3) is 0.571. The molecule has 0 aliphatic carbocycles. The first kappa shape index (κ1) is 14.0. The van der Waals surface area contributed by atoms with E-state index in [0.29, 0.717) is 5.69 Å². The lowest BCUT2D eigenvalue weighted by molar-refractivity contribution is 0.589. The molecule has 0 amide bonds. The number of hydrogen-bond acceptors (Lipinski definition) is 2. The second kappa shape index (κ2) is 6.01. The average molecular weight is 238 g/mol. The number of anilines is 1. The van der Waals surface area contributed by atoms with Gasteiger partial charge in [-0.05, 0) is 38.8 Å². The Balaban J connectivity index is 3.25. The predicted molar refractivity (Wildman–Crippen MR) is 71.8 cm³/mol. The lowest BCUT2D eigenvalue weighted by Crippen LogP contribution is -2.33. The van der Waals surface area contributed by atoms with Crippen molar-refractivity contribution in [3.05, 3.63) is 29.6 Å². The van der Waals surface area contributed by atoms with E-state index in [-0.39, 0.29) is 17.9 Å². The van der Waals surface area contributed by atoms with Gasteiger partial charge in [0.2, 0.25) is 0 Å². The van der Waals surface area contributed by atoms with Gasteiger partial charge in [-0.15, -0.1) is 0 Å². The minimum atomic E-state index is -0.179. The van der Waals surface area contributed by atoms with Crippen molar-refractivity contribution in [3.63, 3.8) is 0 Å². The highest BCUT2D eigenvalue weighted by molar-refractivity contribution is 5.56. The Kier molecular flexibility index (Phi) is 4.94. The largest absolute Gasteiger partial charge is 0.366 e. The van der Waals surface area contributed by atoms with E-state index < -0.39 is 0 Å². The van der Waals surface area contributed by atoms with Crippen molar-refractivity contribution in [3.8, 4) is 0 Å². The van der Waals surface area contributed by atoms with E-state index in [1.165, 1.54) is 6.07 Å². The van der Waals surface area contributed by atoms with Crippen LogP contribution < -0.4 is 10.6 Å². The third-order valence-corrected chi connectivity index (χ3v) is 2.88. The van der Waals surface area contributed by atoms with E-state index in [1.807, 2.05) is 13.0 Å². The molecule has 0 aliphatic heterocycles. The van der Waals surface area contributed by atoms with Crippen LogP contribution in [0.5, 0.6) is 0 Å². The fourth-order valence-corrected chi connectivity index (χ4v) is 2.07. The summed E-state index contributed by atoms with van der Waals surface area (Å²) in [5, 5.41) is 0. The topological polar surface area (TPSA) is 29.3 Å². The molecule has 0 aromatic heterocycles. The molecule has 96 valence electrons. The lowest BCUT2D eigenvalue weighted by Gasteiger charge is -2.31. The van der Waals surface area contributed by atoms with E-state index in [2.05, 4.69) is 25.7 Å². The molecule has 17 heavy (non-hydrogen) atoms. The van der Waals surface area contributed by atoms with Crippen LogP contribution in [0, 0.1) is 5.82 Å². The molecular formula is C14H23FN2. The molecule has 0 saturated carbocycles. The monoisotopic (exact) mass is 238 g/mol. The molecule has 1 aromatic rings. The van der Waals surface area contributed by atoms with Gasteiger partial charge in [-0.1, -0.05) is 19.1 Å². The van der Waals surface area contributed by atoms with Gasteiger partial charge in [0, 0.05) is 18.6 Å². The minimum Gasteiger partial charge on any atom is -0.366 e. The standard InChI is InChI=1S/C14H23FN2/c1-5-9-17(10(2)3)14-12(11(4)16)7-6-8-13(14)15/h6-8,10-11H,5,9,16H2,1-4H3/t11-/m1/s1. The normalized spacial score (nSPS) is 12.9. The molecule has 0 heterocycles. The first-order chi connectivity index (χ1) is 7.99. The van der Waals surface area contributed by atoms with Crippen LogP contribution in [-0.2, 0) is 0 Å². The summed E-state index contributed by atoms with van der Waals surface area (Å²) in [6.07, 6.45) is 0.991. The lowest BCUT2D eigenvalue weighted by atomic mass is 10.0. The molecular weight excluding hydrogens is 215 g/mol. The maximum absolute atomic E-state index is 14.0. The molecule has 1 atom stereocenters. The molecule has 0 saturated heterocycles. The summed E-state index contributed by atoms with van der Waals surface area (Å²) >= 11 is 0. The Hall–Kier alpha value is -1.09. The summed E-state index contributed by atoms with van der Waals surface area (Å²) < 4.78 is 14.0. The quantitative estimate of drug-likeness (QED) is 0.851. The maximum Gasteiger partial charge on any atom is 0.146 e. The van der Waals surface area contributed by atoms with E-state index >= 15 is 0 Å². The number of benzene rings is 1. The van der Waals surface area contributed by atoms with Crippen LogP contribution in [0.15, 0.2) is 18.2 Å². The number of para-hydroxylation sites is 1.